The summed E-state index contributed by atoms with van der Waals surface area (Å²) in [4.78, 5) is 17.8. The average Bonchev–Trinajstić information content (AvgIpc) is 2.97. The number of likely N-dealkylation sites (tertiary alicyclic amines) is 2. The number of hydrogen-bond donors (Lipinski definition) is 2. The van der Waals surface area contributed by atoms with E-state index in [-0.39, 0.29) is 11.9 Å². The van der Waals surface area contributed by atoms with Crippen molar-refractivity contribution in [2.24, 2.45) is 0 Å². The minimum absolute atomic E-state index is 0.0198. The van der Waals surface area contributed by atoms with Gasteiger partial charge in [-0.3, -0.25) is 9.69 Å². The molecular formula is C32H42N4O2. The fraction of sp³-hybridized carbons (Fsp3) is 0.469. The second kappa shape index (κ2) is 13.2. The maximum absolute atomic E-state index is 12.7. The van der Waals surface area contributed by atoms with Gasteiger partial charge in [0, 0.05) is 50.9 Å². The second-order valence-electron chi connectivity index (χ2n) is 10.9. The highest BCUT2D eigenvalue weighted by Crippen LogP contribution is 2.21. The van der Waals surface area contributed by atoms with Crippen molar-refractivity contribution in [1.29, 1.82) is 0 Å². The molecule has 0 aliphatic carbocycles. The highest BCUT2D eigenvalue weighted by molar-refractivity contribution is 5.94. The first kappa shape index (κ1) is 26.7. The molecule has 6 nitrogen and oxygen atoms in total. The van der Waals surface area contributed by atoms with Crippen LogP contribution in [-0.4, -0.2) is 68.1 Å². The minimum Gasteiger partial charge on any atom is -0.497 e. The molecule has 6 heteroatoms. The number of piperidine rings is 2. The van der Waals surface area contributed by atoms with Gasteiger partial charge in [-0.15, -0.1) is 0 Å². The molecule has 38 heavy (non-hydrogen) atoms. The Labute approximate surface area is 227 Å². The maximum atomic E-state index is 12.7. The molecule has 2 fully saturated rings. The zero-order valence-electron chi connectivity index (χ0n) is 22.8. The van der Waals surface area contributed by atoms with E-state index in [1.165, 1.54) is 54.3 Å². The quantitative estimate of drug-likeness (QED) is 0.380. The number of hydrogen-bond acceptors (Lipinski definition) is 5. The number of benzene rings is 3. The van der Waals surface area contributed by atoms with E-state index in [9.17, 15) is 4.79 Å². The van der Waals surface area contributed by atoms with Gasteiger partial charge in [-0.2, -0.15) is 0 Å². The smallest absolute Gasteiger partial charge is 0.251 e. The van der Waals surface area contributed by atoms with Crippen LogP contribution in [0, 0.1) is 0 Å². The van der Waals surface area contributed by atoms with Gasteiger partial charge in [0.25, 0.3) is 5.91 Å². The summed E-state index contributed by atoms with van der Waals surface area (Å²) in [6.07, 6.45) is 6.04. The molecule has 2 saturated heterocycles. The van der Waals surface area contributed by atoms with E-state index in [0.717, 1.165) is 52.1 Å². The van der Waals surface area contributed by atoms with E-state index in [4.69, 9.17) is 4.74 Å². The first-order valence-corrected chi connectivity index (χ1v) is 14.3. The van der Waals surface area contributed by atoms with Crippen molar-refractivity contribution in [3.8, 4) is 5.75 Å². The summed E-state index contributed by atoms with van der Waals surface area (Å²) in [6.45, 7) is 8.57. The Kier molecular flexibility index (Phi) is 9.28. The van der Waals surface area contributed by atoms with Crippen molar-refractivity contribution < 1.29 is 9.53 Å². The van der Waals surface area contributed by atoms with Gasteiger partial charge in [0.1, 0.15) is 5.75 Å². The third-order valence-corrected chi connectivity index (χ3v) is 8.01. The van der Waals surface area contributed by atoms with E-state index in [1.54, 1.807) is 13.2 Å². The van der Waals surface area contributed by atoms with Crippen LogP contribution in [0.1, 0.15) is 53.6 Å². The third kappa shape index (κ3) is 7.34. The number of nitrogens with zero attached hydrogens (tertiary/aromatic N) is 2. The van der Waals surface area contributed by atoms with Crippen LogP contribution in [0.3, 0.4) is 0 Å². The average molecular weight is 515 g/mol. The first-order valence-electron chi connectivity index (χ1n) is 14.3. The van der Waals surface area contributed by atoms with Crippen molar-refractivity contribution >= 4 is 16.7 Å². The second-order valence-corrected chi connectivity index (χ2v) is 10.9. The lowest BCUT2D eigenvalue weighted by atomic mass is 10.0. The van der Waals surface area contributed by atoms with Gasteiger partial charge in [0.05, 0.1) is 7.11 Å². The molecule has 0 saturated carbocycles. The van der Waals surface area contributed by atoms with E-state index in [0.29, 0.717) is 11.3 Å². The van der Waals surface area contributed by atoms with Gasteiger partial charge in [-0.05, 0) is 91.0 Å². The Morgan fingerprint density at radius 1 is 0.868 bits per heavy atom. The summed E-state index contributed by atoms with van der Waals surface area (Å²) in [5.41, 5.74) is 3.35. The summed E-state index contributed by atoms with van der Waals surface area (Å²) in [5.74, 6) is 0.688. The topological polar surface area (TPSA) is 56.8 Å². The molecule has 0 unspecified atom stereocenters. The van der Waals surface area contributed by atoms with Crippen LogP contribution in [0.5, 0.6) is 5.75 Å². The number of nitrogens with one attached hydrogen (secondary N) is 2. The summed E-state index contributed by atoms with van der Waals surface area (Å²) in [5, 5.41) is 9.47. The molecule has 3 aromatic carbocycles. The Hall–Kier alpha value is -2.93. The lowest BCUT2D eigenvalue weighted by Gasteiger charge is -2.32. The lowest BCUT2D eigenvalue weighted by molar-refractivity contribution is 0.0908. The Morgan fingerprint density at radius 2 is 1.63 bits per heavy atom. The monoisotopic (exact) mass is 514 g/mol. The molecule has 0 aromatic heterocycles. The predicted octanol–water partition coefficient (Wildman–Crippen LogP) is 4.82. The van der Waals surface area contributed by atoms with E-state index in [1.807, 2.05) is 18.2 Å². The van der Waals surface area contributed by atoms with Gasteiger partial charge in [-0.1, -0.05) is 36.8 Å². The number of rotatable bonds is 10. The molecule has 2 aliphatic rings. The molecule has 0 bridgehead atoms. The van der Waals surface area contributed by atoms with Crippen molar-refractivity contribution in [3.63, 3.8) is 0 Å². The van der Waals surface area contributed by atoms with Crippen LogP contribution in [0.4, 0.5) is 0 Å². The molecule has 1 amide bonds. The molecule has 0 radical (unpaired) electrons. The van der Waals surface area contributed by atoms with Crippen molar-refractivity contribution in [3.05, 3.63) is 77.4 Å². The zero-order chi connectivity index (χ0) is 26.2. The molecule has 3 aromatic rings. The van der Waals surface area contributed by atoms with Gasteiger partial charge in [0.2, 0.25) is 0 Å². The molecule has 0 atom stereocenters. The minimum atomic E-state index is -0.0198. The molecule has 202 valence electrons. The van der Waals surface area contributed by atoms with Crippen molar-refractivity contribution in [2.75, 3.05) is 46.4 Å². The standard InChI is InChI=1S/C32H42N4O2/c1-38-31-7-5-6-28(22-31)32(37)34-30-12-17-36(18-13-30)24-26-9-11-27-10-8-25(20-29(27)21-26)23-33-14-19-35-15-3-2-4-16-35/h5-11,20-22,30,33H,2-4,12-19,23-24H2,1H3,(H,34,37). The Morgan fingerprint density at radius 3 is 2.42 bits per heavy atom. The maximum Gasteiger partial charge on any atom is 0.251 e. The number of amides is 1. The molecular weight excluding hydrogens is 472 g/mol. The number of methoxy groups -OCH3 is 1. The summed E-state index contributed by atoms with van der Waals surface area (Å²) in [7, 11) is 1.62. The van der Waals surface area contributed by atoms with Crippen LogP contribution in [-0.2, 0) is 13.1 Å². The zero-order valence-corrected chi connectivity index (χ0v) is 22.8. The largest absolute Gasteiger partial charge is 0.497 e. The van der Waals surface area contributed by atoms with E-state index in [2.05, 4.69) is 56.8 Å². The normalized spacial score (nSPS) is 17.5. The van der Waals surface area contributed by atoms with Crippen molar-refractivity contribution in [2.45, 2.75) is 51.2 Å². The molecule has 2 aliphatic heterocycles. The van der Waals surface area contributed by atoms with Gasteiger partial charge in [0.15, 0.2) is 0 Å². The van der Waals surface area contributed by atoms with Crippen LogP contribution in [0.2, 0.25) is 0 Å². The lowest BCUT2D eigenvalue weighted by Crippen LogP contribution is -2.44. The molecule has 2 heterocycles. The van der Waals surface area contributed by atoms with Gasteiger partial charge >= 0.3 is 0 Å². The van der Waals surface area contributed by atoms with Crippen LogP contribution < -0.4 is 15.4 Å². The first-order chi connectivity index (χ1) is 18.7. The number of carbonyl (C=O) groups is 1. The predicted molar refractivity (Wildman–Crippen MR) is 155 cm³/mol. The van der Waals surface area contributed by atoms with Gasteiger partial charge < -0.3 is 20.3 Å². The Bertz CT molecular complexity index is 1200. The highest BCUT2D eigenvalue weighted by Gasteiger charge is 2.21. The summed E-state index contributed by atoms with van der Waals surface area (Å²) < 4.78 is 5.25. The summed E-state index contributed by atoms with van der Waals surface area (Å²) >= 11 is 0. The van der Waals surface area contributed by atoms with Crippen LogP contribution in [0.25, 0.3) is 10.8 Å². The number of carbonyl (C=O) groups excluding carboxylic acids is 1. The number of ether oxygens (including phenoxy) is 1. The van der Waals surface area contributed by atoms with Crippen LogP contribution in [0.15, 0.2) is 60.7 Å². The Balaban J connectivity index is 1.09. The SMILES string of the molecule is COc1cccc(C(=O)NC2CCN(Cc3ccc4ccc(CNCCN5CCCCC5)cc4c3)CC2)c1. The number of fused-ring (bicyclic) bond motifs is 1. The van der Waals surface area contributed by atoms with E-state index < -0.39 is 0 Å². The van der Waals surface area contributed by atoms with Gasteiger partial charge in [-0.25, -0.2) is 0 Å². The third-order valence-electron chi connectivity index (χ3n) is 8.01. The molecule has 2 N–H and O–H groups in total. The molecule has 5 rings (SSSR count). The molecule has 0 spiro atoms. The fourth-order valence-corrected chi connectivity index (χ4v) is 5.73. The highest BCUT2D eigenvalue weighted by atomic mass is 16.5. The van der Waals surface area contributed by atoms with E-state index >= 15 is 0 Å². The van der Waals surface area contributed by atoms with Crippen molar-refractivity contribution in [1.82, 2.24) is 20.4 Å². The van der Waals surface area contributed by atoms with Crippen LogP contribution >= 0.6 is 0 Å². The fourth-order valence-electron chi connectivity index (χ4n) is 5.73. The summed E-state index contributed by atoms with van der Waals surface area (Å²) in [6, 6.07) is 21.3.